The number of hydrogen-bond donors (Lipinski definition) is 0. The maximum absolute atomic E-state index is 2.62. The Morgan fingerprint density at radius 3 is 1.13 bits per heavy atom. The fourth-order valence-corrected chi connectivity index (χ4v) is 5.86. The van der Waals surface area contributed by atoms with Gasteiger partial charge in [-0.15, -0.1) is 19.7 Å². The van der Waals surface area contributed by atoms with E-state index in [1.807, 2.05) is 0 Å². The molecule has 0 spiro atoms. The molecule has 1 radical (unpaired) electrons. The maximum Gasteiger partial charge on any atom is -0.0362 e. The van der Waals surface area contributed by atoms with Gasteiger partial charge in [-0.2, -0.15) is 0 Å². The number of rotatable bonds is 9. The van der Waals surface area contributed by atoms with Gasteiger partial charge < -0.3 is 0 Å². The first-order valence-electron chi connectivity index (χ1n) is 6.52. The van der Waals surface area contributed by atoms with E-state index < -0.39 is 7.26 Å². The molecule has 0 nitrogen and oxygen atoms in total. The highest BCUT2D eigenvalue weighted by atomic mass is 35.5. The van der Waals surface area contributed by atoms with Gasteiger partial charge in [-0.1, -0.05) is 40.0 Å². The third-order valence-corrected chi connectivity index (χ3v) is 7.34. The lowest BCUT2D eigenvalue weighted by Gasteiger charge is -2.32. The van der Waals surface area contributed by atoms with Crippen LogP contribution in [0.15, 0.2) is 0 Å². The third kappa shape index (κ3) is 9.64. The summed E-state index contributed by atoms with van der Waals surface area (Å²) in [6.45, 7) is 9.59. The Balaban J connectivity index is 0. The summed E-state index contributed by atoms with van der Waals surface area (Å²) in [4.78, 5) is 0. The predicted octanol–water partition coefficient (Wildman–Crippen LogP) is 5.46. The number of halogens is 1. The molecule has 0 aliphatic carbocycles. The standard InChI is InChI=1S/C13H30P.ClH/c1-5-8-11-14(4,12-9-6-2)13-10-7-3;/h5-13H2,1-4H3;1H. The van der Waals surface area contributed by atoms with E-state index in [0.717, 1.165) is 0 Å². The highest BCUT2D eigenvalue weighted by molar-refractivity contribution is 7.75. The Morgan fingerprint density at radius 1 is 0.667 bits per heavy atom. The molecule has 0 rings (SSSR count). The van der Waals surface area contributed by atoms with Crippen molar-refractivity contribution >= 4 is 19.7 Å². The summed E-state index contributed by atoms with van der Waals surface area (Å²) >= 11 is 0. The van der Waals surface area contributed by atoms with Crippen LogP contribution in [0.5, 0.6) is 0 Å². The van der Waals surface area contributed by atoms with E-state index in [4.69, 9.17) is 0 Å². The zero-order chi connectivity index (χ0) is 10.9. The van der Waals surface area contributed by atoms with Crippen molar-refractivity contribution in [3.63, 3.8) is 0 Å². The first-order chi connectivity index (χ1) is 6.68. The van der Waals surface area contributed by atoms with Gasteiger partial charge >= 0.3 is 0 Å². The molecule has 0 amide bonds. The van der Waals surface area contributed by atoms with Crippen LogP contribution in [-0.4, -0.2) is 25.2 Å². The molecule has 0 saturated heterocycles. The molecule has 15 heavy (non-hydrogen) atoms. The molecule has 95 valence electrons. The fraction of sp³-hybridized carbons (Fsp3) is 1.00. The SMILES string of the molecule is CCCC[P](C)(CCCC)CCCC.Cl. The number of hydrogen-bond acceptors (Lipinski definition) is 0. The highest BCUT2D eigenvalue weighted by Gasteiger charge is 2.18. The van der Waals surface area contributed by atoms with Gasteiger partial charge in [0.05, 0.1) is 0 Å². The Bertz CT molecular complexity index is 104. The van der Waals surface area contributed by atoms with Gasteiger partial charge in [0.15, 0.2) is 0 Å². The van der Waals surface area contributed by atoms with E-state index in [9.17, 15) is 0 Å². The van der Waals surface area contributed by atoms with Crippen LogP contribution in [0.1, 0.15) is 59.3 Å². The van der Waals surface area contributed by atoms with E-state index >= 15 is 0 Å². The largest absolute Gasteiger partial charge is 0.147 e. The predicted molar refractivity (Wildman–Crippen MR) is 79.4 cm³/mol. The van der Waals surface area contributed by atoms with E-state index in [-0.39, 0.29) is 12.4 Å². The van der Waals surface area contributed by atoms with Crippen molar-refractivity contribution < 1.29 is 0 Å². The molecule has 0 aliphatic rings. The van der Waals surface area contributed by atoms with Gasteiger partial charge in [0.25, 0.3) is 0 Å². The van der Waals surface area contributed by atoms with E-state index in [2.05, 4.69) is 27.4 Å². The van der Waals surface area contributed by atoms with Gasteiger partial charge in [0, 0.05) is 0 Å². The molecule has 0 aliphatic heterocycles. The zero-order valence-corrected chi connectivity index (χ0v) is 12.9. The summed E-state index contributed by atoms with van der Waals surface area (Å²) in [7, 11) is -0.519. The van der Waals surface area contributed by atoms with Crippen LogP contribution in [0, 0.1) is 0 Å². The quantitative estimate of drug-likeness (QED) is 0.479. The summed E-state index contributed by atoms with van der Waals surface area (Å²) in [6, 6.07) is 0. The Morgan fingerprint density at radius 2 is 0.933 bits per heavy atom. The Hall–Kier alpha value is 0.720. The van der Waals surface area contributed by atoms with Crippen molar-refractivity contribution in [1.82, 2.24) is 0 Å². The van der Waals surface area contributed by atoms with E-state index in [1.54, 1.807) is 18.5 Å². The average Bonchev–Trinajstić information content (AvgIpc) is 2.21. The van der Waals surface area contributed by atoms with Crippen molar-refractivity contribution in [3.05, 3.63) is 0 Å². The topological polar surface area (TPSA) is 0 Å². The van der Waals surface area contributed by atoms with Gasteiger partial charge in [0.1, 0.15) is 0 Å². The summed E-state index contributed by atoms with van der Waals surface area (Å²) in [5.41, 5.74) is 0. The van der Waals surface area contributed by atoms with E-state index in [1.165, 1.54) is 38.5 Å². The second-order valence-corrected chi connectivity index (χ2v) is 9.43. The van der Waals surface area contributed by atoms with Gasteiger partial charge in [-0.25, -0.2) is 0 Å². The average molecular weight is 254 g/mol. The molecule has 0 heterocycles. The van der Waals surface area contributed by atoms with Gasteiger partial charge in [-0.3, -0.25) is 0 Å². The second-order valence-electron chi connectivity index (χ2n) is 4.85. The molecule has 0 bridgehead atoms. The molecule has 0 aromatic rings. The fourth-order valence-electron chi connectivity index (χ4n) is 1.95. The third-order valence-electron chi connectivity index (χ3n) is 3.15. The van der Waals surface area contributed by atoms with Crippen molar-refractivity contribution in [2.75, 3.05) is 25.2 Å². The maximum atomic E-state index is 2.62. The zero-order valence-electron chi connectivity index (χ0n) is 11.2. The molecular formula is C13H31ClP. The summed E-state index contributed by atoms with van der Waals surface area (Å²) < 4.78 is 0. The summed E-state index contributed by atoms with van der Waals surface area (Å²) in [5, 5.41) is 0. The molecule has 0 aromatic heterocycles. The highest BCUT2D eigenvalue weighted by Crippen LogP contribution is 2.57. The minimum Gasteiger partial charge on any atom is -0.147 e. The first kappa shape index (κ1) is 18.1. The smallest absolute Gasteiger partial charge is 0.0362 e. The molecule has 0 saturated carbocycles. The van der Waals surface area contributed by atoms with Crippen molar-refractivity contribution in [2.24, 2.45) is 0 Å². The lowest BCUT2D eigenvalue weighted by Crippen LogP contribution is -2.07. The molecule has 0 fully saturated rings. The summed E-state index contributed by atoms with van der Waals surface area (Å²) in [5.74, 6) is 0. The molecule has 0 atom stereocenters. The Kier molecular flexibility index (Phi) is 13.5. The van der Waals surface area contributed by atoms with Crippen LogP contribution in [0.2, 0.25) is 0 Å². The van der Waals surface area contributed by atoms with Crippen molar-refractivity contribution in [3.8, 4) is 0 Å². The van der Waals surface area contributed by atoms with Crippen LogP contribution < -0.4 is 0 Å². The first-order valence-corrected chi connectivity index (χ1v) is 9.31. The van der Waals surface area contributed by atoms with Gasteiger partial charge in [0.2, 0.25) is 0 Å². The Labute approximate surface area is 104 Å². The van der Waals surface area contributed by atoms with Crippen LogP contribution in [-0.2, 0) is 0 Å². The summed E-state index contributed by atoms with van der Waals surface area (Å²) in [6.07, 6.45) is 13.2. The minimum absolute atomic E-state index is 0. The van der Waals surface area contributed by atoms with E-state index in [0.29, 0.717) is 0 Å². The van der Waals surface area contributed by atoms with Crippen LogP contribution in [0.25, 0.3) is 0 Å². The molecule has 0 unspecified atom stereocenters. The number of unbranched alkanes of at least 4 members (excludes halogenated alkanes) is 3. The normalized spacial score (nSPS) is 11.2. The molecule has 0 N–H and O–H groups in total. The molecular weight excluding hydrogens is 223 g/mol. The van der Waals surface area contributed by atoms with Gasteiger partial charge in [-0.05, 0) is 44.4 Å². The van der Waals surface area contributed by atoms with Crippen LogP contribution in [0.4, 0.5) is 0 Å². The minimum atomic E-state index is -0.519. The van der Waals surface area contributed by atoms with Crippen LogP contribution >= 0.6 is 19.7 Å². The van der Waals surface area contributed by atoms with Crippen molar-refractivity contribution in [1.29, 1.82) is 0 Å². The molecule has 2 heteroatoms. The van der Waals surface area contributed by atoms with Crippen molar-refractivity contribution in [2.45, 2.75) is 59.3 Å². The molecule has 0 aromatic carbocycles. The lowest BCUT2D eigenvalue weighted by molar-refractivity contribution is 0.838. The second kappa shape index (κ2) is 11.2. The lowest BCUT2D eigenvalue weighted by atomic mass is 10.4. The monoisotopic (exact) mass is 253 g/mol. The van der Waals surface area contributed by atoms with Crippen LogP contribution in [0.3, 0.4) is 0 Å².